The number of rotatable bonds is 6. The lowest BCUT2D eigenvalue weighted by Crippen LogP contribution is -2.19. The first-order chi connectivity index (χ1) is 9.26. The predicted octanol–water partition coefficient (Wildman–Crippen LogP) is 2.61. The van der Waals surface area contributed by atoms with Crippen LogP contribution in [0.25, 0.3) is 11.0 Å². The van der Waals surface area contributed by atoms with Crippen LogP contribution in [0, 0.1) is 12.3 Å². The van der Waals surface area contributed by atoms with E-state index in [1.54, 1.807) is 0 Å². The largest absolute Gasteiger partial charge is 0.459 e. The van der Waals surface area contributed by atoms with Crippen LogP contribution in [-0.2, 0) is 13.1 Å². The summed E-state index contributed by atoms with van der Waals surface area (Å²) in [5, 5.41) is 4.50. The van der Waals surface area contributed by atoms with Gasteiger partial charge in [0.2, 0.25) is 0 Å². The lowest BCUT2D eigenvalue weighted by molar-refractivity contribution is 0.363. The smallest absolute Gasteiger partial charge is 0.134 e. The van der Waals surface area contributed by atoms with Crippen LogP contribution in [0.4, 0.5) is 0 Å². The van der Waals surface area contributed by atoms with E-state index >= 15 is 0 Å². The molecule has 0 amide bonds. The molecule has 1 aromatic carbocycles. The summed E-state index contributed by atoms with van der Waals surface area (Å²) in [5.41, 5.74) is 2.17. The fourth-order valence-electron chi connectivity index (χ4n) is 2.19. The molecule has 3 heteroatoms. The highest BCUT2D eigenvalue weighted by atomic mass is 16.3. The number of fused-ring (bicyclic) bond motifs is 1. The monoisotopic (exact) mass is 256 g/mol. The van der Waals surface area contributed by atoms with Crippen LogP contribution in [0.15, 0.2) is 28.7 Å². The Kier molecular flexibility index (Phi) is 4.62. The Morgan fingerprint density at radius 1 is 1.37 bits per heavy atom. The predicted molar refractivity (Wildman–Crippen MR) is 78.8 cm³/mol. The Morgan fingerprint density at radius 3 is 2.89 bits per heavy atom. The molecule has 0 spiro atoms. The van der Waals surface area contributed by atoms with Gasteiger partial charge in [-0.25, -0.2) is 0 Å². The SMILES string of the molecule is C#CCN(C)Cc1c(CNCC)oc2ccccc12. The number of nitrogens with zero attached hydrogens (tertiary/aromatic N) is 1. The molecule has 0 aliphatic carbocycles. The average Bonchev–Trinajstić information content (AvgIpc) is 2.75. The molecule has 100 valence electrons. The number of nitrogens with one attached hydrogen (secondary N) is 1. The summed E-state index contributed by atoms with van der Waals surface area (Å²) in [7, 11) is 2.03. The van der Waals surface area contributed by atoms with Gasteiger partial charge < -0.3 is 9.73 Å². The van der Waals surface area contributed by atoms with E-state index in [1.807, 2.05) is 25.2 Å². The van der Waals surface area contributed by atoms with Crippen molar-refractivity contribution in [2.24, 2.45) is 0 Å². The molecule has 2 rings (SSSR count). The second kappa shape index (κ2) is 6.42. The lowest BCUT2D eigenvalue weighted by atomic mass is 10.1. The number of benzene rings is 1. The Bertz CT molecular complexity index is 580. The maximum Gasteiger partial charge on any atom is 0.134 e. The molecule has 0 radical (unpaired) electrons. The van der Waals surface area contributed by atoms with Crippen LogP contribution in [0.1, 0.15) is 18.2 Å². The van der Waals surface area contributed by atoms with E-state index in [4.69, 9.17) is 10.8 Å². The Labute approximate surface area is 114 Å². The van der Waals surface area contributed by atoms with E-state index in [9.17, 15) is 0 Å². The molecule has 0 bridgehead atoms. The molecular weight excluding hydrogens is 236 g/mol. The van der Waals surface area contributed by atoms with Gasteiger partial charge in [-0.1, -0.05) is 31.0 Å². The first-order valence-electron chi connectivity index (χ1n) is 6.58. The van der Waals surface area contributed by atoms with Crippen LogP contribution in [0.5, 0.6) is 0 Å². The summed E-state index contributed by atoms with van der Waals surface area (Å²) >= 11 is 0. The molecule has 0 saturated heterocycles. The topological polar surface area (TPSA) is 28.4 Å². The summed E-state index contributed by atoms with van der Waals surface area (Å²) < 4.78 is 5.94. The minimum Gasteiger partial charge on any atom is -0.459 e. The van der Waals surface area contributed by atoms with Crippen LogP contribution in [-0.4, -0.2) is 25.0 Å². The van der Waals surface area contributed by atoms with Crippen molar-refractivity contribution in [1.29, 1.82) is 0 Å². The third-order valence-corrected chi connectivity index (χ3v) is 3.11. The maximum absolute atomic E-state index is 5.94. The van der Waals surface area contributed by atoms with Crippen LogP contribution in [0.2, 0.25) is 0 Å². The fraction of sp³-hybridized carbons (Fsp3) is 0.375. The maximum atomic E-state index is 5.94. The zero-order valence-electron chi connectivity index (χ0n) is 11.6. The summed E-state index contributed by atoms with van der Waals surface area (Å²) in [4.78, 5) is 2.12. The third kappa shape index (κ3) is 3.17. The number of terminal acetylenes is 1. The van der Waals surface area contributed by atoms with Crippen molar-refractivity contribution < 1.29 is 4.42 Å². The fourth-order valence-corrected chi connectivity index (χ4v) is 2.19. The molecule has 0 aliphatic heterocycles. The van der Waals surface area contributed by atoms with Gasteiger partial charge in [-0.15, -0.1) is 6.42 Å². The zero-order valence-corrected chi connectivity index (χ0v) is 11.6. The highest BCUT2D eigenvalue weighted by molar-refractivity contribution is 5.82. The van der Waals surface area contributed by atoms with Crippen molar-refractivity contribution in [1.82, 2.24) is 10.2 Å². The van der Waals surface area contributed by atoms with Gasteiger partial charge in [-0.3, -0.25) is 4.90 Å². The molecule has 0 atom stereocenters. The zero-order chi connectivity index (χ0) is 13.7. The minimum absolute atomic E-state index is 0.639. The van der Waals surface area contributed by atoms with Crippen molar-refractivity contribution >= 4 is 11.0 Å². The van der Waals surface area contributed by atoms with Crippen molar-refractivity contribution in [3.63, 3.8) is 0 Å². The highest BCUT2D eigenvalue weighted by Gasteiger charge is 2.14. The van der Waals surface area contributed by atoms with E-state index in [2.05, 4.69) is 29.1 Å². The molecule has 0 aliphatic rings. The number of para-hydroxylation sites is 1. The van der Waals surface area contributed by atoms with E-state index in [0.717, 1.165) is 31.0 Å². The Morgan fingerprint density at radius 2 is 2.16 bits per heavy atom. The van der Waals surface area contributed by atoms with Gasteiger partial charge in [0, 0.05) is 17.5 Å². The van der Waals surface area contributed by atoms with Gasteiger partial charge >= 0.3 is 0 Å². The number of hydrogen-bond acceptors (Lipinski definition) is 3. The minimum atomic E-state index is 0.639. The van der Waals surface area contributed by atoms with E-state index in [-0.39, 0.29) is 0 Å². The average molecular weight is 256 g/mol. The number of hydrogen-bond donors (Lipinski definition) is 1. The van der Waals surface area contributed by atoms with Crippen LogP contribution >= 0.6 is 0 Å². The van der Waals surface area contributed by atoms with E-state index < -0.39 is 0 Å². The van der Waals surface area contributed by atoms with E-state index in [1.165, 1.54) is 10.9 Å². The van der Waals surface area contributed by atoms with Crippen molar-refractivity contribution in [2.75, 3.05) is 20.1 Å². The number of furan rings is 1. The Hall–Kier alpha value is -1.76. The Balaban J connectivity index is 2.34. The molecule has 1 aromatic heterocycles. The molecule has 0 unspecified atom stereocenters. The van der Waals surface area contributed by atoms with Gasteiger partial charge in [0.25, 0.3) is 0 Å². The van der Waals surface area contributed by atoms with Gasteiger partial charge in [-0.05, 0) is 19.7 Å². The summed E-state index contributed by atoms with van der Waals surface area (Å²) in [6.45, 7) is 5.22. The van der Waals surface area contributed by atoms with Crippen LogP contribution < -0.4 is 5.32 Å². The highest BCUT2D eigenvalue weighted by Crippen LogP contribution is 2.26. The summed E-state index contributed by atoms with van der Waals surface area (Å²) in [6, 6.07) is 8.15. The molecule has 1 N–H and O–H groups in total. The lowest BCUT2D eigenvalue weighted by Gasteiger charge is -2.13. The standard InChI is InChI=1S/C16H20N2O/c1-4-10-18(3)12-14-13-8-6-7-9-15(13)19-16(14)11-17-5-2/h1,6-9,17H,5,10-12H2,2-3H3. The first-order valence-corrected chi connectivity index (χ1v) is 6.58. The van der Waals surface area contributed by atoms with Gasteiger partial charge in [-0.2, -0.15) is 0 Å². The van der Waals surface area contributed by atoms with Crippen molar-refractivity contribution in [2.45, 2.75) is 20.0 Å². The van der Waals surface area contributed by atoms with E-state index in [0.29, 0.717) is 6.54 Å². The normalized spacial score (nSPS) is 11.1. The molecule has 0 fully saturated rings. The third-order valence-electron chi connectivity index (χ3n) is 3.11. The second-order valence-corrected chi connectivity index (χ2v) is 4.66. The molecule has 0 saturated carbocycles. The van der Waals surface area contributed by atoms with Crippen molar-refractivity contribution in [3.05, 3.63) is 35.6 Å². The molecule has 2 aromatic rings. The van der Waals surface area contributed by atoms with Crippen molar-refractivity contribution in [3.8, 4) is 12.3 Å². The second-order valence-electron chi connectivity index (χ2n) is 4.66. The molecular formula is C16H20N2O. The van der Waals surface area contributed by atoms with Gasteiger partial charge in [0.1, 0.15) is 11.3 Å². The quantitative estimate of drug-likeness (QED) is 0.805. The molecule has 3 nitrogen and oxygen atoms in total. The molecule has 19 heavy (non-hydrogen) atoms. The summed E-state index contributed by atoms with van der Waals surface area (Å²) in [6.07, 6.45) is 5.36. The first kappa shape index (κ1) is 13.7. The van der Waals surface area contributed by atoms with Gasteiger partial charge in [0.15, 0.2) is 0 Å². The molecule has 1 heterocycles. The van der Waals surface area contributed by atoms with Crippen LogP contribution in [0.3, 0.4) is 0 Å². The summed E-state index contributed by atoms with van der Waals surface area (Å²) in [5.74, 6) is 3.68. The van der Waals surface area contributed by atoms with Gasteiger partial charge in [0.05, 0.1) is 13.1 Å².